The normalized spacial score (nSPS) is 11.4. The predicted octanol–water partition coefficient (Wildman–Crippen LogP) is 2.04. The Morgan fingerprint density at radius 2 is 1.90 bits per heavy atom. The van der Waals surface area contributed by atoms with Crippen LogP contribution in [-0.4, -0.2) is 29.9 Å². The number of aromatic nitrogens is 3. The summed E-state index contributed by atoms with van der Waals surface area (Å²) in [7, 11) is -3.71. The first kappa shape index (κ1) is 15.6. The third-order valence-corrected chi connectivity index (χ3v) is 5.07. The molecule has 0 atom stereocenters. The Kier molecular flexibility index (Phi) is 4.73. The van der Waals surface area contributed by atoms with Gasteiger partial charge in [-0.2, -0.15) is 0 Å². The zero-order valence-corrected chi connectivity index (χ0v) is 13.7. The molecule has 0 spiro atoms. The van der Waals surface area contributed by atoms with Crippen molar-refractivity contribution in [1.29, 1.82) is 0 Å². The van der Waals surface area contributed by atoms with Crippen LogP contribution in [0, 0.1) is 6.92 Å². The van der Waals surface area contributed by atoms with E-state index in [0.717, 1.165) is 17.0 Å². The summed E-state index contributed by atoms with van der Waals surface area (Å²) in [5.41, 5.74) is 0.899. The van der Waals surface area contributed by atoms with Gasteiger partial charge in [-0.1, -0.05) is 6.92 Å². The van der Waals surface area contributed by atoms with E-state index in [0.29, 0.717) is 17.6 Å². The van der Waals surface area contributed by atoms with E-state index in [4.69, 9.17) is 0 Å². The Bertz CT molecular complexity index is 710. The van der Waals surface area contributed by atoms with Crippen LogP contribution in [0.4, 0.5) is 11.1 Å². The Morgan fingerprint density at radius 3 is 2.43 bits per heavy atom. The molecule has 2 rings (SSSR count). The van der Waals surface area contributed by atoms with Crippen molar-refractivity contribution < 1.29 is 8.42 Å². The number of rotatable bonds is 6. The molecule has 2 aromatic heterocycles. The molecule has 7 nitrogen and oxygen atoms in total. The fraction of sp³-hybridized carbons (Fsp3) is 0.417. The Hall–Kier alpha value is -1.74. The smallest absolute Gasteiger partial charge is 0.266 e. The van der Waals surface area contributed by atoms with Crippen LogP contribution in [0.2, 0.25) is 0 Å². The Balaban J connectivity index is 2.20. The van der Waals surface area contributed by atoms with E-state index in [1.807, 2.05) is 20.8 Å². The van der Waals surface area contributed by atoms with Crippen molar-refractivity contribution in [2.75, 3.05) is 16.6 Å². The molecule has 2 N–H and O–H groups in total. The third-order valence-electron chi connectivity index (χ3n) is 2.72. The summed E-state index contributed by atoms with van der Waals surface area (Å²) in [5, 5.41) is 3.27. The molecule has 21 heavy (non-hydrogen) atoms. The SMILES string of the molecule is CCNc1ncc(S(=O)(=O)Nc2nc(CC)c(C)s2)cn1. The molecule has 2 aromatic rings. The quantitative estimate of drug-likeness (QED) is 0.842. The highest BCUT2D eigenvalue weighted by molar-refractivity contribution is 7.93. The first-order valence-corrected chi connectivity index (χ1v) is 8.81. The maximum Gasteiger partial charge on any atom is 0.266 e. The molecule has 0 saturated carbocycles. The van der Waals surface area contributed by atoms with Crippen molar-refractivity contribution in [2.45, 2.75) is 32.1 Å². The first-order chi connectivity index (χ1) is 9.96. The minimum atomic E-state index is -3.71. The van der Waals surface area contributed by atoms with Gasteiger partial charge in [-0.25, -0.2) is 23.4 Å². The second kappa shape index (κ2) is 6.35. The molecule has 0 bridgehead atoms. The lowest BCUT2D eigenvalue weighted by Crippen LogP contribution is -2.14. The van der Waals surface area contributed by atoms with Crippen molar-refractivity contribution in [1.82, 2.24) is 15.0 Å². The minimum absolute atomic E-state index is 0.00931. The van der Waals surface area contributed by atoms with E-state index in [-0.39, 0.29) is 4.90 Å². The van der Waals surface area contributed by atoms with Crippen LogP contribution < -0.4 is 10.0 Å². The van der Waals surface area contributed by atoms with Crippen LogP contribution in [0.5, 0.6) is 0 Å². The van der Waals surface area contributed by atoms with Gasteiger partial charge in [0.05, 0.1) is 18.1 Å². The number of hydrogen-bond donors (Lipinski definition) is 2. The van der Waals surface area contributed by atoms with Crippen molar-refractivity contribution in [2.24, 2.45) is 0 Å². The lowest BCUT2D eigenvalue weighted by Gasteiger charge is -2.05. The van der Waals surface area contributed by atoms with Crippen LogP contribution in [0.1, 0.15) is 24.4 Å². The Morgan fingerprint density at radius 1 is 1.24 bits per heavy atom. The maximum absolute atomic E-state index is 12.2. The molecule has 114 valence electrons. The average molecular weight is 327 g/mol. The van der Waals surface area contributed by atoms with Gasteiger partial charge in [0.15, 0.2) is 5.13 Å². The first-order valence-electron chi connectivity index (χ1n) is 6.51. The molecule has 9 heteroatoms. The molecule has 0 amide bonds. The molecular formula is C12H17N5O2S2. The van der Waals surface area contributed by atoms with Crippen molar-refractivity contribution in [3.63, 3.8) is 0 Å². The number of aryl methyl sites for hydroxylation is 2. The minimum Gasteiger partial charge on any atom is -0.355 e. The van der Waals surface area contributed by atoms with Gasteiger partial charge in [-0.05, 0) is 20.3 Å². The molecular weight excluding hydrogens is 310 g/mol. The Labute approximate surface area is 127 Å². The summed E-state index contributed by atoms with van der Waals surface area (Å²) in [5.74, 6) is 0.398. The van der Waals surface area contributed by atoms with E-state index in [9.17, 15) is 8.42 Å². The number of anilines is 2. The van der Waals surface area contributed by atoms with Gasteiger partial charge >= 0.3 is 0 Å². The lowest BCUT2D eigenvalue weighted by atomic mass is 10.3. The maximum atomic E-state index is 12.2. The molecule has 0 saturated heterocycles. The van der Waals surface area contributed by atoms with Crippen molar-refractivity contribution in [3.05, 3.63) is 23.0 Å². The molecule has 0 fully saturated rings. The van der Waals surface area contributed by atoms with Crippen LogP contribution in [-0.2, 0) is 16.4 Å². The second-order valence-electron chi connectivity index (χ2n) is 4.25. The highest BCUT2D eigenvalue weighted by Gasteiger charge is 2.18. The highest BCUT2D eigenvalue weighted by atomic mass is 32.2. The summed E-state index contributed by atoms with van der Waals surface area (Å²) >= 11 is 1.32. The van der Waals surface area contributed by atoms with Crippen LogP contribution >= 0.6 is 11.3 Å². The number of nitrogens with zero attached hydrogens (tertiary/aromatic N) is 3. The molecule has 0 aliphatic heterocycles. The summed E-state index contributed by atoms with van der Waals surface area (Å²) < 4.78 is 26.9. The average Bonchev–Trinajstić information content (AvgIpc) is 2.79. The number of sulfonamides is 1. The zero-order valence-electron chi connectivity index (χ0n) is 12.0. The van der Waals surface area contributed by atoms with Gasteiger partial charge < -0.3 is 5.32 Å². The zero-order chi connectivity index (χ0) is 15.5. The second-order valence-corrected chi connectivity index (χ2v) is 7.14. The lowest BCUT2D eigenvalue weighted by molar-refractivity contribution is 0.600. The summed E-state index contributed by atoms with van der Waals surface area (Å²) in [6.07, 6.45) is 3.31. The van der Waals surface area contributed by atoms with Gasteiger partial charge in [0, 0.05) is 11.4 Å². The van der Waals surface area contributed by atoms with Crippen LogP contribution in [0.15, 0.2) is 17.3 Å². The van der Waals surface area contributed by atoms with Crippen molar-refractivity contribution >= 4 is 32.4 Å². The molecule has 0 aliphatic rings. The molecule has 2 heterocycles. The molecule has 0 unspecified atom stereocenters. The largest absolute Gasteiger partial charge is 0.355 e. The summed E-state index contributed by atoms with van der Waals surface area (Å²) in [6, 6.07) is 0. The van der Waals surface area contributed by atoms with Crippen LogP contribution in [0.25, 0.3) is 0 Å². The van der Waals surface area contributed by atoms with Gasteiger partial charge in [-0.3, -0.25) is 4.72 Å². The van der Waals surface area contributed by atoms with Crippen LogP contribution in [0.3, 0.4) is 0 Å². The van der Waals surface area contributed by atoms with Crippen molar-refractivity contribution in [3.8, 4) is 0 Å². The number of nitrogens with one attached hydrogen (secondary N) is 2. The standard InChI is InChI=1S/C12H17N5O2S2/c1-4-10-8(3)20-12(16-10)17-21(18,19)9-6-14-11(13-5-2)15-7-9/h6-7H,4-5H2,1-3H3,(H,16,17)(H,13,14,15). The monoisotopic (exact) mass is 327 g/mol. The van der Waals surface area contributed by atoms with E-state index in [2.05, 4.69) is 25.0 Å². The van der Waals surface area contributed by atoms with Gasteiger partial charge in [0.25, 0.3) is 10.0 Å². The highest BCUT2D eigenvalue weighted by Crippen LogP contribution is 2.24. The molecule has 0 aromatic carbocycles. The van der Waals surface area contributed by atoms with Gasteiger partial charge in [0.2, 0.25) is 5.95 Å². The van der Waals surface area contributed by atoms with E-state index in [1.165, 1.54) is 23.7 Å². The molecule has 0 radical (unpaired) electrons. The summed E-state index contributed by atoms with van der Waals surface area (Å²) in [6.45, 7) is 6.48. The van der Waals surface area contributed by atoms with E-state index >= 15 is 0 Å². The van der Waals surface area contributed by atoms with E-state index < -0.39 is 10.0 Å². The fourth-order valence-corrected chi connectivity index (χ4v) is 3.70. The summed E-state index contributed by atoms with van der Waals surface area (Å²) in [4.78, 5) is 13.2. The van der Waals surface area contributed by atoms with E-state index in [1.54, 1.807) is 0 Å². The number of hydrogen-bond acceptors (Lipinski definition) is 7. The molecule has 0 aliphatic carbocycles. The third kappa shape index (κ3) is 3.67. The van der Waals surface area contributed by atoms with Gasteiger partial charge in [-0.15, -0.1) is 11.3 Å². The van der Waals surface area contributed by atoms with Gasteiger partial charge in [0.1, 0.15) is 4.90 Å². The fourth-order valence-electron chi connectivity index (χ4n) is 1.68. The predicted molar refractivity (Wildman–Crippen MR) is 83.2 cm³/mol. The topological polar surface area (TPSA) is 96.9 Å². The number of thiazole rings is 1.